The average Bonchev–Trinajstić information content (AvgIpc) is 2.44. The number of hydrogen-bond acceptors (Lipinski definition) is 5. The van der Waals surface area contributed by atoms with Crippen molar-refractivity contribution in [3.05, 3.63) is 46.6 Å². The Morgan fingerprint density at radius 1 is 1.05 bits per heavy atom. The van der Waals surface area contributed by atoms with E-state index in [1.807, 2.05) is 13.0 Å². The van der Waals surface area contributed by atoms with Crippen LogP contribution in [0.5, 0.6) is 0 Å². The molecule has 1 aromatic carbocycles. The molecule has 0 unspecified atom stereocenters. The molecule has 0 saturated carbocycles. The fraction of sp³-hybridized carbons (Fsp3) is 0.133. The second-order valence-electron chi connectivity index (χ2n) is 4.39. The van der Waals surface area contributed by atoms with Crippen molar-refractivity contribution in [1.82, 2.24) is 4.98 Å². The minimum absolute atomic E-state index is 0.257. The predicted molar refractivity (Wildman–Crippen MR) is 77.3 cm³/mol. The van der Waals surface area contributed by atoms with Gasteiger partial charge in [0.25, 0.3) is 0 Å². The first-order valence-electron chi connectivity index (χ1n) is 6.00. The fourth-order valence-electron chi connectivity index (χ4n) is 1.84. The van der Waals surface area contributed by atoms with Gasteiger partial charge >= 0.3 is 0 Å². The Morgan fingerprint density at radius 2 is 1.65 bits per heavy atom. The van der Waals surface area contributed by atoms with Crippen molar-refractivity contribution in [1.29, 1.82) is 10.5 Å². The number of anilines is 3. The number of nitrogen functional groups attached to an aromatic ring is 1. The highest BCUT2D eigenvalue weighted by Crippen LogP contribution is 2.25. The first kappa shape index (κ1) is 13.4. The Kier molecular flexibility index (Phi) is 3.54. The molecule has 0 aliphatic rings. The van der Waals surface area contributed by atoms with Gasteiger partial charge in [0.1, 0.15) is 23.5 Å². The summed E-state index contributed by atoms with van der Waals surface area (Å²) < 4.78 is 0. The maximum absolute atomic E-state index is 9.27. The van der Waals surface area contributed by atoms with Gasteiger partial charge < -0.3 is 11.1 Å². The van der Waals surface area contributed by atoms with Crippen LogP contribution in [0.4, 0.5) is 17.2 Å². The van der Waals surface area contributed by atoms with Gasteiger partial charge in [0, 0.05) is 17.1 Å². The Bertz CT molecular complexity index is 733. The van der Waals surface area contributed by atoms with E-state index >= 15 is 0 Å². The first-order valence-corrected chi connectivity index (χ1v) is 6.00. The molecule has 0 fully saturated rings. The quantitative estimate of drug-likeness (QED) is 0.812. The number of nitriles is 2. The molecule has 0 bridgehead atoms. The summed E-state index contributed by atoms with van der Waals surface area (Å²) in [5.41, 5.74) is 9.11. The maximum Gasteiger partial charge on any atom is 0.149 e. The number of rotatable bonds is 2. The Balaban J connectivity index is 2.52. The van der Waals surface area contributed by atoms with Crippen LogP contribution in [0.3, 0.4) is 0 Å². The van der Waals surface area contributed by atoms with E-state index in [0.29, 0.717) is 17.1 Å². The lowest BCUT2D eigenvalue weighted by molar-refractivity contribution is 1.13. The zero-order chi connectivity index (χ0) is 14.7. The van der Waals surface area contributed by atoms with E-state index in [9.17, 15) is 10.5 Å². The molecule has 0 radical (unpaired) electrons. The van der Waals surface area contributed by atoms with Crippen LogP contribution in [-0.2, 0) is 0 Å². The van der Waals surface area contributed by atoms with Crippen molar-refractivity contribution in [2.45, 2.75) is 13.8 Å². The first-order chi connectivity index (χ1) is 9.56. The van der Waals surface area contributed by atoms with Crippen LogP contribution in [0.2, 0.25) is 0 Å². The van der Waals surface area contributed by atoms with Crippen molar-refractivity contribution in [3.8, 4) is 12.1 Å². The zero-order valence-corrected chi connectivity index (χ0v) is 11.2. The topological polar surface area (TPSA) is 98.5 Å². The molecule has 0 aliphatic heterocycles. The Labute approximate surface area is 117 Å². The number of nitrogens with one attached hydrogen (secondary N) is 1. The van der Waals surface area contributed by atoms with E-state index in [1.54, 1.807) is 31.2 Å². The summed E-state index contributed by atoms with van der Waals surface area (Å²) in [5, 5.41) is 21.5. The summed E-state index contributed by atoms with van der Waals surface area (Å²) in [5.74, 6) is 0.386. The summed E-state index contributed by atoms with van der Waals surface area (Å²) in [7, 11) is 0. The molecule has 2 aromatic rings. The van der Waals surface area contributed by atoms with E-state index in [1.165, 1.54) is 0 Å². The van der Waals surface area contributed by atoms with Crippen LogP contribution in [0.1, 0.15) is 22.4 Å². The van der Waals surface area contributed by atoms with Gasteiger partial charge in [-0.3, -0.25) is 0 Å². The predicted octanol–water partition coefficient (Wildman–Crippen LogP) is 2.77. The van der Waals surface area contributed by atoms with E-state index in [2.05, 4.69) is 16.4 Å². The summed E-state index contributed by atoms with van der Waals surface area (Å²) in [6, 6.07) is 11.2. The standard InChI is InChI=1S/C15H13N5/c1-9-10(2)19-15(14(8-17)13(9)7-16)20-12-5-3-11(18)4-6-12/h3-6H,18H2,1-2H3,(H,19,20). The largest absolute Gasteiger partial charge is 0.399 e. The van der Waals surface area contributed by atoms with Crippen LogP contribution in [-0.4, -0.2) is 4.98 Å². The van der Waals surface area contributed by atoms with Crippen LogP contribution < -0.4 is 11.1 Å². The third kappa shape index (κ3) is 2.38. The van der Waals surface area contributed by atoms with Crippen molar-refractivity contribution >= 4 is 17.2 Å². The normalized spacial score (nSPS) is 9.60. The molecule has 98 valence electrons. The van der Waals surface area contributed by atoms with Gasteiger partial charge in [-0.1, -0.05) is 0 Å². The highest BCUT2D eigenvalue weighted by molar-refractivity contribution is 5.69. The molecular weight excluding hydrogens is 250 g/mol. The third-order valence-electron chi connectivity index (χ3n) is 3.08. The fourth-order valence-corrected chi connectivity index (χ4v) is 1.84. The van der Waals surface area contributed by atoms with Gasteiger partial charge in [0.15, 0.2) is 0 Å². The Morgan fingerprint density at radius 3 is 2.20 bits per heavy atom. The second kappa shape index (κ2) is 5.29. The lowest BCUT2D eigenvalue weighted by Gasteiger charge is -2.12. The zero-order valence-electron chi connectivity index (χ0n) is 11.2. The van der Waals surface area contributed by atoms with E-state index in [0.717, 1.165) is 16.9 Å². The lowest BCUT2D eigenvalue weighted by atomic mass is 10.0. The molecule has 5 nitrogen and oxygen atoms in total. The maximum atomic E-state index is 9.27. The smallest absolute Gasteiger partial charge is 0.149 e. The number of pyridine rings is 1. The van der Waals surface area contributed by atoms with Crippen LogP contribution in [0, 0.1) is 36.5 Å². The summed E-state index contributed by atoms with van der Waals surface area (Å²) in [6.45, 7) is 3.60. The number of hydrogen-bond donors (Lipinski definition) is 2. The van der Waals surface area contributed by atoms with Gasteiger partial charge in [-0.05, 0) is 43.7 Å². The van der Waals surface area contributed by atoms with Gasteiger partial charge in [0.2, 0.25) is 0 Å². The van der Waals surface area contributed by atoms with Gasteiger partial charge in [-0.15, -0.1) is 0 Å². The second-order valence-corrected chi connectivity index (χ2v) is 4.39. The van der Waals surface area contributed by atoms with Crippen molar-refractivity contribution in [3.63, 3.8) is 0 Å². The summed E-state index contributed by atoms with van der Waals surface area (Å²) in [6.07, 6.45) is 0. The highest BCUT2D eigenvalue weighted by Gasteiger charge is 2.15. The monoisotopic (exact) mass is 263 g/mol. The van der Waals surface area contributed by atoms with Gasteiger partial charge in [-0.25, -0.2) is 4.98 Å². The van der Waals surface area contributed by atoms with Gasteiger partial charge in [0.05, 0.1) is 5.56 Å². The van der Waals surface area contributed by atoms with Crippen molar-refractivity contribution < 1.29 is 0 Å². The number of aromatic nitrogens is 1. The molecule has 3 N–H and O–H groups in total. The molecule has 0 amide bonds. The van der Waals surface area contributed by atoms with Crippen LogP contribution in [0.25, 0.3) is 0 Å². The molecule has 0 spiro atoms. The minimum atomic E-state index is 0.257. The molecule has 20 heavy (non-hydrogen) atoms. The van der Waals surface area contributed by atoms with Crippen molar-refractivity contribution in [2.75, 3.05) is 11.1 Å². The van der Waals surface area contributed by atoms with Crippen LogP contribution >= 0.6 is 0 Å². The Hall–Kier alpha value is -3.05. The number of nitrogens with two attached hydrogens (primary N) is 1. The van der Waals surface area contributed by atoms with E-state index in [4.69, 9.17) is 5.73 Å². The SMILES string of the molecule is Cc1nc(Nc2ccc(N)cc2)c(C#N)c(C#N)c1C. The minimum Gasteiger partial charge on any atom is -0.399 e. The lowest BCUT2D eigenvalue weighted by Crippen LogP contribution is -2.04. The molecule has 5 heteroatoms. The molecule has 2 rings (SSSR count). The molecule has 1 heterocycles. The number of aryl methyl sites for hydroxylation is 1. The molecule has 1 aromatic heterocycles. The summed E-state index contributed by atoms with van der Waals surface area (Å²) >= 11 is 0. The summed E-state index contributed by atoms with van der Waals surface area (Å²) in [4.78, 5) is 4.35. The number of nitrogens with zero attached hydrogens (tertiary/aromatic N) is 3. The molecular formula is C15H13N5. The molecule has 0 atom stereocenters. The van der Waals surface area contributed by atoms with Crippen LogP contribution in [0.15, 0.2) is 24.3 Å². The molecule has 0 aliphatic carbocycles. The molecule has 0 saturated heterocycles. The average molecular weight is 263 g/mol. The van der Waals surface area contributed by atoms with Gasteiger partial charge in [-0.2, -0.15) is 10.5 Å². The third-order valence-corrected chi connectivity index (χ3v) is 3.08. The highest BCUT2D eigenvalue weighted by atomic mass is 15.0. The van der Waals surface area contributed by atoms with Crippen molar-refractivity contribution in [2.24, 2.45) is 0 Å². The number of benzene rings is 1. The van der Waals surface area contributed by atoms with E-state index < -0.39 is 0 Å². The van der Waals surface area contributed by atoms with E-state index in [-0.39, 0.29) is 5.56 Å².